The Bertz CT molecular complexity index is 586. The minimum Gasteiger partial charge on any atom is -0.475 e. The molecule has 0 aromatic carbocycles. The molecule has 0 aliphatic heterocycles. The molecular formula is C12H9NO4. The molecule has 0 bridgehead atoms. The van der Waals surface area contributed by atoms with Crippen LogP contribution in [0.2, 0.25) is 0 Å². The van der Waals surface area contributed by atoms with Crippen molar-refractivity contribution in [3.05, 3.63) is 53.2 Å². The molecule has 0 fully saturated rings. The number of hydrogen-bond donors (Lipinski definition) is 1. The second kappa shape index (κ2) is 4.21. The van der Waals surface area contributed by atoms with Crippen molar-refractivity contribution in [2.75, 3.05) is 0 Å². The van der Waals surface area contributed by atoms with Crippen LogP contribution in [0.1, 0.15) is 32.4 Å². The van der Waals surface area contributed by atoms with Gasteiger partial charge in [-0.3, -0.25) is 9.78 Å². The van der Waals surface area contributed by atoms with Gasteiger partial charge in [0.25, 0.3) is 0 Å². The predicted octanol–water partition coefficient (Wildman–Crippen LogP) is 1.91. The van der Waals surface area contributed by atoms with E-state index in [0.29, 0.717) is 5.56 Å². The van der Waals surface area contributed by atoms with Gasteiger partial charge in [0, 0.05) is 6.20 Å². The first-order valence-corrected chi connectivity index (χ1v) is 4.89. The van der Waals surface area contributed by atoms with Crippen LogP contribution in [0.5, 0.6) is 0 Å². The second-order valence-electron chi connectivity index (χ2n) is 3.47. The van der Waals surface area contributed by atoms with Gasteiger partial charge in [0.05, 0.1) is 0 Å². The zero-order chi connectivity index (χ0) is 12.4. The van der Waals surface area contributed by atoms with E-state index in [4.69, 9.17) is 9.52 Å². The van der Waals surface area contributed by atoms with Gasteiger partial charge in [-0.05, 0) is 30.7 Å². The van der Waals surface area contributed by atoms with Crippen molar-refractivity contribution in [1.29, 1.82) is 0 Å². The van der Waals surface area contributed by atoms with E-state index >= 15 is 0 Å². The quantitative estimate of drug-likeness (QED) is 0.816. The summed E-state index contributed by atoms with van der Waals surface area (Å²) in [6, 6.07) is 6.05. The van der Waals surface area contributed by atoms with Crippen LogP contribution in [0.15, 0.2) is 34.9 Å². The molecule has 0 radical (unpaired) electrons. The molecule has 5 heteroatoms. The number of aromatic carboxylic acids is 1. The lowest BCUT2D eigenvalue weighted by Gasteiger charge is -2.00. The Morgan fingerprint density at radius 3 is 2.53 bits per heavy atom. The Kier molecular flexibility index (Phi) is 2.74. The smallest absolute Gasteiger partial charge is 0.371 e. The van der Waals surface area contributed by atoms with Crippen LogP contribution in [0.3, 0.4) is 0 Å². The Morgan fingerprint density at radius 1 is 1.24 bits per heavy atom. The summed E-state index contributed by atoms with van der Waals surface area (Å²) in [5.41, 5.74) is 0.976. The summed E-state index contributed by atoms with van der Waals surface area (Å²) in [7, 11) is 0. The van der Waals surface area contributed by atoms with Gasteiger partial charge in [0.15, 0.2) is 5.76 Å². The van der Waals surface area contributed by atoms with Crippen LogP contribution < -0.4 is 0 Å². The lowest BCUT2D eigenvalue weighted by molar-refractivity contribution is 0.0660. The van der Waals surface area contributed by atoms with Gasteiger partial charge in [-0.1, -0.05) is 6.07 Å². The number of aryl methyl sites for hydroxylation is 1. The molecule has 0 atom stereocenters. The van der Waals surface area contributed by atoms with Crippen LogP contribution in [-0.2, 0) is 0 Å². The fourth-order valence-corrected chi connectivity index (χ4v) is 1.41. The third-order valence-corrected chi connectivity index (χ3v) is 2.27. The highest BCUT2D eigenvalue weighted by Crippen LogP contribution is 2.14. The number of rotatable bonds is 3. The monoisotopic (exact) mass is 231 g/mol. The zero-order valence-electron chi connectivity index (χ0n) is 9.01. The molecule has 2 rings (SSSR count). The molecule has 0 amide bonds. The number of pyridine rings is 1. The molecular weight excluding hydrogens is 222 g/mol. The minimum absolute atomic E-state index is 0.0239. The first-order valence-electron chi connectivity index (χ1n) is 4.89. The van der Waals surface area contributed by atoms with Gasteiger partial charge in [-0.2, -0.15) is 0 Å². The number of ketones is 1. The number of aromatic nitrogens is 1. The van der Waals surface area contributed by atoms with E-state index < -0.39 is 11.8 Å². The summed E-state index contributed by atoms with van der Waals surface area (Å²) in [6.45, 7) is 1.75. The maximum Gasteiger partial charge on any atom is 0.371 e. The van der Waals surface area contributed by atoms with Crippen LogP contribution in [0, 0.1) is 6.92 Å². The number of carboxylic acid groups (broad SMARTS) is 1. The largest absolute Gasteiger partial charge is 0.475 e. The molecule has 0 aliphatic rings. The number of furan rings is 1. The third-order valence-electron chi connectivity index (χ3n) is 2.27. The average Bonchev–Trinajstić information content (AvgIpc) is 2.78. The number of carbonyl (C=O) groups excluding carboxylic acids is 1. The molecule has 0 spiro atoms. The van der Waals surface area contributed by atoms with Crippen molar-refractivity contribution in [3.8, 4) is 0 Å². The topological polar surface area (TPSA) is 80.4 Å². The SMILES string of the molecule is Cc1cccnc1C(=O)c1ccc(C(=O)O)o1. The Labute approximate surface area is 96.7 Å². The highest BCUT2D eigenvalue weighted by Gasteiger charge is 2.18. The number of carboxylic acids is 1. The molecule has 0 aliphatic carbocycles. The zero-order valence-corrected chi connectivity index (χ0v) is 9.01. The van der Waals surface area contributed by atoms with E-state index in [9.17, 15) is 9.59 Å². The summed E-state index contributed by atoms with van der Waals surface area (Å²) >= 11 is 0. The number of nitrogens with zero attached hydrogens (tertiary/aromatic N) is 1. The molecule has 2 aromatic heterocycles. The first kappa shape index (κ1) is 11.1. The van der Waals surface area contributed by atoms with E-state index in [1.54, 1.807) is 19.1 Å². The molecule has 2 heterocycles. The highest BCUT2D eigenvalue weighted by atomic mass is 16.4. The Balaban J connectivity index is 2.37. The van der Waals surface area contributed by atoms with Crippen molar-refractivity contribution in [2.24, 2.45) is 0 Å². The van der Waals surface area contributed by atoms with E-state index in [1.807, 2.05) is 0 Å². The fourth-order valence-electron chi connectivity index (χ4n) is 1.41. The summed E-state index contributed by atoms with van der Waals surface area (Å²) < 4.78 is 4.93. The van der Waals surface area contributed by atoms with Crippen LogP contribution in [-0.4, -0.2) is 21.8 Å². The molecule has 0 unspecified atom stereocenters. The van der Waals surface area contributed by atoms with Gasteiger partial charge < -0.3 is 9.52 Å². The van der Waals surface area contributed by atoms with Crippen molar-refractivity contribution < 1.29 is 19.1 Å². The van der Waals surface area contributed by atoms with Crippen LogP contribution in [0.25, 0.3) is 0 Å². The van der Waals surface area contributed by atoms with Gasteiger partial charge in [-0.15, -0.1) is 0 Å². The second-order valence-corrected chi connectivity index (χ2v) is 3.47. The minimum atomic E-state index is -1.21. The molecule has 1 N–H and O–H groups in total. The highest BCUT2D eigenvalue weighted by molar-refractivity contribution is 6.07. The molecule has 5 nitrogen and oxygen atoms in total. The van der Waals surface area contributed by atoms with E-state index in [0.717, 1.165) is 0 Å². The van der Waals surface area contributed by atoms with Gasteiger partial charge in [-0.25, -0.2) is 4.79 Å². The average molecular weight is 231 g/mol. The van der Waals surface area contributed by atoms with Crippen molar-refractivity contribution in [1.82, 2.24) is 4.98 Å². The normalized spacial score (nSPS) is 10.2. The summed E-state index contributed by atoms with van der Waals surface area (Å²) in [6.07, 6.45) is 1.50. The number of carbonyl (C=O) groups is 2. The lowest BCUT2D eigenvalue weighted by Crippen LogP contribution is -2.05. The lowest BCUT2D eigenvalue weighted by atomic mass is 10.1. The Hall–Kier alpha value is -2.43. The number of hydrogen-bond acceptors (Lipinski definition) is 4. The molecule has 2 aromatic rings. The summed E-state index contributed by atoms with van der Waals surface area (Å²) in [5, 5.41) is 8.68. The van der Waals surface area contributed by atoms with Crippen molar-refractivity contribution >= 4 is 11.8 Å². The maximum atomic E-state index is 12.0. The summed E-state index contributed by atoms with van der Waals surface area (Å²) in [5.74, 6) is -1.91. The van der Waals surface area contributed by atoms with E-state index in [-0.39, 0.29) is 17.2 Å². The maximum absolute atomic E-state index is 12.0. The Morgan fingerprint density at radius 2 is 1.94 bits per heavy atom. The van der Waals surface area contributed by atoms with Crippen LogP contribution in [0.4, 0.5) is 0 Å². The van der Waals surface area contributed by atoms with Crippen molar-refractivity contribution in [2.45, 2.75) is 6.92 Å². The molecule has 86 valence electrons. The predicted molar refractivity (Wildman–Crippen MR) is 58.1 cm³/mol. The fraction of sp³-hybridized carbons (Fsp3) is 0.0833. The van der Waals surface area contributed by atoms with Gasteiger partial charge in [0.2, 0.25) is 11.5 Å². The van der Waals surface area contributed by atoms with E-state index in [2.05, 4.69) is 4.98 Å². The summed E-state index contributed by atoms with van der Waals surface area (Å²) in [4.78, 5) is 26.5. The molecule has 17 heavy (non-hydrogen) atoms. The molecule has 0 saturated heterocycles. The first-order chi connectivity index (χ1) is 8.09. The van der Waals surface area contributed by atoms with Crippen LogP contribution >= 0.6 is 0 Å². The van der Waals surface area contributed by atoms with E-state index in [1.165, 1.54) is 18.3 Å². The van der Waals surface area contributed by atoms with Gasteiger partial charge >= 0.3 is 5.97 Å². The van der Waals surface area contributed by atoms with Crippen molar-refractivity contribution in [3.63, 3.8) is 0 Å². The standard InChI is InChI=1S/C12H9NO4/c1-7-3-2-6-13-10(7)11(14)8-4-5-9(17-8)12(15)16/h2-6H,1H3,(H,15,16). The third kappa shape index (κ3) is 2.08. The van der Waals surface area contributed by atoms with Gasteiger partial charge in [0.1, 0.15) is 5.69 Å². The molecule has 0 saturated carbocycles.